The predicted octanol–water partition coefficient (Wildman–Crippen LogP) is 4.57. The Morgan fingerprint density at radius 2 is 1.07 bits per heavy atom. The zero-order chi connectivity index (χ0) is 9.90. The van der Waals surface area contributed by atoms with Crippen LogP contribution in [0.25, 0.3) is 0 Å². The van der Waals surface area contributed by atoms with Crippen LogP contribution >= 0.6 is 0 Å². The van der Waals surface area contributed by atoms with Crippen molar-refractivity contribution < 1.29 is 0 Å². The molecule has 0 heteroatoms. The summed E-state index contributed by atoms with van der Waals surface area (Å²) in [6.07, 6.45) is 25.0. The van der Waals surface area contributed by atoms with Crippen molar-refractivity contribution in [2.45, 2.75) is 38.5 Å². The average Bonchev–Trinajstić information content (AvgIpc) is 2.22. The number of rotatable bonds is 0. The third-order valence-corrected chi connectivity index (χ3v) is 2.23. The number of hydrogen-bond acceptors (Lipinski definition) is 0. The largest absolute Gasteiger partial charge is 0.0882 e. The molecule has 14 heavy (non-hydrogen) atoms. The first-order chi connectivity index (χ1) is 7.00. The second-order valence-electron chi connectivity index (χ2n) is 3.54. The lowest BCUT2D eigenvalue weighted by Gasteiger charge is -1.91. The maximum atomic E-state index is 2.29. The summed E-state index contributed by atoms with van der Waals surface area (Å²) >= 11 is 0. The normalized spacial score (nSPS) is 28.6. The van der Waals surface area contributed by atoms with E-state index in [-0.39, 0.29) is 0 Å². The second-order valence-corrected chi connectivity index (χ2v) is 3.54. The van der Waals surface area contributed by atoms with Crippen molar-refractivity contribution in [3.63, 3.8) is 0 Å². The van der Waals surface area contributed by atoms with E-state index in [1.165, 1.54) is 19.3 Å². The monoisotopic (exact) mass is 188 g/mol. The molecule has 0 heterocycles. The summed E-state index contributed by atoms with van der Waals surface area (Å²) in [7, 11) is 0. The van der Waals surface area contributed by atoms with Crippen LogP contribution in [-0.4, -0.2) is 0 Å². The molecule has 0 aromatic rings. The summed E-state index contributed by atoms with van der Waals surface area (Å²) in [5, 5.41) is 0. The van der Waals surface area contributed by atoms with Crippen molar-refractivity contribution in [3.8, 4) is 0 Å². The van der Waals surface area contributed by atoms with E-state index in [1.54, 1.807) is 0 Å². The SMILES string of the molecule is C1=C/CC/C=C/C/C=C/CCC/C=C/1. The summed E-state index contributed by atoms with van der Waals surface area (Å²) in [6, 6.07) is 0. The molecule has 1 rings (SSSR count). The van der Waals surface area contributed by atoms with Crippen LogP contribution in [0.5, 0.6) is 0 Å². The van der Waals surface area contributed by atoms with Gasteiger partial charge in [0.2, 0.25) is 0 Å². The minimum atomic E-state index is 1.10. The molecular weight excluding hydrogens is 168 g/mol. The van der Waals surface area contributed by atoms with Gasteiger partial charge < -0.3 is 0 Å². The Morgan fingerprint density at radius 1 is 0.500 bits per heavy atom. The van der Waals surface area contributed by atoms with Gasteiger partial charge in [0.15, 0.2) is 0 Å². The Balaban J connectivity index is 2.34. The summed E-state index contributed by atoms with van der Waals surface area (Å²) in [4.78, 5) is 0. The predicted molar refractivity (Wildman–Crippen MR) is 64.3 cm³/mol. The smallest absolute Gasteiger partial charge is 0.0169 e. The van der Waals surface area contributed by atoms with Crippen LogP contribution in [0.2, 0.25) is 0 Å². The second kappa shape index (κ2) is 8.55. The van der Waals surface area contributed by atoms with E-state index in [4.69, 9.17) is 0 Å². The van der Waals surface area contributed by atoms with Gasteiger partial charge in [0.1, 0.15) is 0 Å². The van der Waals surface area contributed by atoms with Crippen LogP contribution in [0.4, 0.5) is 0 Å². The molecule has 0 aliphatic heterocycles. The van der Waals surface area contributed by atoms with Crippen molar-refractivity contribution in [2.24, 2.45) is 0 Å². The summed E-state index contributed by atoms with van der Waals surface area (Å²) in [5.74, 6) is 0. The quantitative estimate of drug-likeness (QED) is 0.489. The number of hydrogen-bond donors (Lipinski definition) is 0. The highest BCUT2D eigenvalue weighted by Gasteiger charge is 1.81. The fourth-order valence-electron chi connectivity index (χ4n) is 1.40. The van der Waals surface area contributed by atoms with Crippen LogP contribution in [0.1, 0.15) is 38.5 Å². The minimum Gasteiger partial charge on any atom is -0.0882 e. The van der Waals surface area contributed by atoms with E-state index in [0.717, 1.165) is 19.3 Å². The van der Waals surface area contributed by atoms with Crippen molar-refractivity contribution in [1.29, 1.82) is 0 Å². The van der Waals surface area contributed by atoms with Crippen molar-refractivity contribution in [1.82, 2.24) is 0 Å². The molecule has 76 valence electrons. The fraction of sp³-hybridized carbons (Fsp3) is 0.429. The Hall–Kier alpha value is -1.04. The van der Waals surface area contributed by atoms with Crippen molar-refractivity contribution in [2.75, 3.05) is 0 Å². The first-order valence-electron chi connectivity index (χ1n) is 5.62. The van der Waals surface area contributed by atoms with Gasteiger partial charge in [-0.2, -0.15) is 0 Å². The number of allylic oxidation sites excluding steroid dienone is 8. The van der Waals surface area contributed by atoms with E-state index >= 15 is 0 Å². The molecule has 1 aliphatic carbocycles. The van der Waals surface area contributed by atoms with Crippen LogP contribution in [0, 0.1) is 0 Å². The third-order valence-electron chi connectivity index (χ3n) is 2.23. The molecule has 0 aromatic carbocycles. The molecule has 0 N–H and O–H groups in total. The molecule has 1 aliphatic rings. The minimum absolute atomic E-state index is 1.10. The molecule has 0 saturated carbocycles. The Labute approximate surface area is 87.7 Å². The van der Waals surface area contributed by atoms with Gasteiger partial charge in [-0.25, -0.2) is 0 Å². The third kappa shape index (κ3) is 6.47. The van der Waals surface area contributed by atoms with Gasteiger partial charge in [-0.05, 0) is 38.5 Å². The molecular formula is C14H20. The van der Waals surface area contributed by atoms with Crippen LogP contribution < -0.4 is 0 Å². The maximum absolute atomic E-state index is 2.29. The Kier molecular flexibility index (Phi) is 6.74. The maximum Gasteiger partial charge on any atom is -0.0169 e. The molecule has 0 saturated heterocycles. The van der Waals surface area contributed by atoms with Gasteiger partial charge in [-0.3, -0.25) is 0 Å². The van der Waals surface area contributed by atoms with Gasteiger partial charge in [-0.15, -0.1) is 0 Å². The topological polar surface area (TPSA) is 0 Å². The van der Waals surface area contributed by atoms with E-state index in [1.807, 2.05) is 0 Å². The van der Waals surface area contributed by atoms with Crippen LogP contribution in [0.3, 0.4) is 0 Å². The molecule has 0 aromatic heterocycles. The molecule has 0 bridgehead atoms. The lowest BCUT2D eigenvalue weighted by atomic mass is 10.2. The Bertz CT molecular complexity index is 228. The van der Waals surface area contributed by atoms with Gasteiger partial charge in [0, 0.05) is 0 Å². The highest BCUT2D eigenvalue weighted by atomic mass is 13.9. The first-order valence-corrected chi connectivity index (χ1v) is 5.62. The zero-order valence-corrected chi connectivity index (χ0v) is 8.86. The van der Waals surface area contributed by atoms with E-state index in [0.29, 0.717) is 0 Å². The zero-order valence-electron chi connectivity index (χ0n) is 8.86. The first kappa shape index (κ1) is 11.0. The fourth-order valence-corrected chi connectivity index (χ4v) is 1.40. The van der Waals surface area contributed by atoms with Gasteiger partial charge in [0.25, 0.3) is 0 Å². The lowest BCUT2D eigenvalue weighted by molar-refractivity contribution is 0.865. The molecule has 0 amide bonds. The summed E-state index contributed by atoms with van der Waals surface area (Å²) in [5.41, 5.74) is 0. The van der Waals surface area contributed by atoms with Gasteiger partial charge in [-0.1, -0.05) is 48.6 Å². The molecule has 0 unspecified atom stereocenters. The van der Waals surface area contributed by atoms with Gasteiger partial charge in [0.05, 0.1) is 0 Å². The van der Waals surface area contributed by atoms with E-state index < -0.39 is 0 Å². The van der Waals surface area contributed by atoms with Crippen molar-refractivity contribution >= 4 is 0 Å². The Morgan fingerprint density at radius 3 is 1.93 bits per heavy atom. The summed E-state index contributed by atoms with van der Waals surface area (Å²) < 4.78 is 0. The lowest BCUT2D eigenvalue weighted by Crippen LogP contribution is -1.70. The van der Waals surface area contributed by atoms with Crippen molar-refractivity contribution in [3.05, 3.63) is 48.6 Å². The molecule has 0 fully saturated rings. The molecule has 0 nitrogen and oxygen atoms in total. The molecule has 0 spiro atoms. The molecule has 0 atom stereocenters. The standard InChI is InChI=1S/C14H20/c1-2-4-6-8-10-12-14-13-11-9-7-5-3-1/h1-4,9,11-12,14H,5-8,10,13H2/b3-1+,4-2+,11-9+,14-12+. The van der Waals surface area contributed by atoms with E-state index in [9.17, 15) is 0 Å². The van der Waals surface area contributed by atoms with Gasteiger partial charge >= 0.3 is 0 Å². The average molecular weight is 188 g/mol. The molecule has 0 radical (unpaired) electrons. The van der Waals surface area contributed by atoms with Crippen LogP contribution in [-0.2, 0) is 0 Å². The highest BCUT2D eigenvalue weighted by Crippen LogP contribution is 2.01. The highest BCUT2D eigenvalue weighted by molar-refractivity contribution is 5.03. The van der Waals surface area contributed by atoms with E-state index in [2.05, 4.69) is 48.6 Å². The van der Waals surface area contributed by atoms with Crippen LogP contribution in [0.15, 0.2) is 48.6 Å². The summed E-state index contributed by atoms with van der Waals surface area (Å²) in [6.45, 7) is 0.